The number of aryl methyl sites for hydroxylation is 1. The molecular formula is C33H37ClN2O3. The molecule has 2 aromatic carbocycles. The third-order valence-electron chi connectivity index (χ3n) is 9.95. The van der Waals surface area contributed by atoms with Gasteiger partial charge in [-0.15, -0.1) is 0 Å². The van der Waals surface area contributed by atoms with Crippen molar-refractivity contribution in [3.05, 3.63) is 85.7 Å². The number of benzene rings is 2. The first kappa shape index (κ1) is 25.4. The predicted octanol–water partition coefficient (Wildman–Crippen LogP) is 6.45. The van der Waals surface area contributed by atoms with Gasteiger partial charge in [-0.3, -0.25) is 9.80 Å². The highest BCUT2D eigenvalue weighted by Crippen LogP contribution is 2.46. The summed E-state index contributed by atoms with van der Waals surface area (Å²) in [6.45, 7) is 5.85. The molecule has 204 valence electrons. The van der Waals surface area contributed by atoms with Gasteiger partial charge in [-0.05, 0) is 81.1 Å². The Morgan fingerprint density at radius 2 is 1.95 bits per heavy atom. The van der Waals surface area contributed by atoms with Crippen LogP contribution < -0.4 is 5.63 Å². The Bertz CT molecular complexity index is 1500. The Labute approximate surface area is 235 Å². The van der Waals surface area contributed by atoms with Crippen LogP contribution in [-0.2, 0) is 13.0 Å². The summed E-state index contributed by atoms with van der Waals surface area (Å²) in [7, 11) is 0. The van der Waals surface area contributed by atoms with E-state index in [-0.39, 0.29) is 11.4 Å². The number of fused-ring (bicyclic) bond motifs is 7. The van der Waals surface area contributed by atoms with Crippen molar-refractivity contribution < 1.29 is 9.52 Å². The van der Waals surface area contributed by atoms with Crippen LogP contribution in [0.1, 0.15) is 60.8 Å². The van der Waals surface area contributed by atoms with Gasteiger partial charge in [-0.2, -0.15) is 0 Å². The monoisotopic (exact) mass is 544 g/mol. The van der Waals surface area contributed by atoms with Gasteiger partial charge in [0.2, 0.25) is 0 Å². The smallest absolute Gasteiger partial charge is 0.340 e. The van der Waals surface area contributed by atoms with E-state index in [1.165, 1.54) is 45.2 Å². The lowest BCUT2D eigenvalue weighted by Gasteiger charge is -2.54. The van der Waals surface area contributed by atoms with E-state index in [1.54, 1.807) is 11.6 Å². The Morgan fingerprint density at radius 3 is 2.79 bits per heavy atom. The highest BCUT2D eigenvalue weighted by molar-refractivity contribution is 6.33. The van der Waals surface area contributed by atoms with Crippen molar-refractivity contribution in [2.45, 2.75) is 70.5 Å². The minimum absolute atomic E-state index is 0.0343. The number of rotatable bonds is 4. The molecule has 5 nitrogen and oxygen atoms in total. The molecule has 4 atom stereocenters. The molecule has 3 aliphatic heterocycles. The average molecular weight is 545 g/mol. The molecule has 0 unspecified atom stereocenters. The summed E-state index contributed by atoms with van der Waals surface area (Å²) in [5, 5.41) is 12.3. The van der Waals surface area contributed by atoms with E-state index in [4.69, 9.17) is 16.0 Å². The van der Waals surface area contributed by atoms with Gasteiger partial charge < -0.3 is 9.52 Å². The van der Waals surface area contributed by atoms with Crippen molar-refractivity contribution in [3.63, 3.8) is 0 Å². The molecule has 1 N–H and O–H groups in total. The molecule has 2 bridgehead atoms. The number of aromatic hydroxyl groups is 1. The van der Waals surface area contributed by atoms with Crippen LogP contribution in [0.5, 0.6) is 5.75 Å². The van der Waals surface area contributed by atoms with E-state index in [2.05, 4.69) is 15.9 Å². The van der Waals surface area contributed by atoms with Gasteiger partial charge in [0.1, 0.15) is 11.3 Å². The third-order valence-corrected chi connectivity index (χ3v) is 10.2. The second-order valence-electron chi connectivity index (χ2n) is 12.2. The lowest BCUT2D eigenvalue weighted by Crippen LogP contribution is -2.59. The van der Waals surface area contributed by atoms with E-state index in [1.807, 2.05) is 37.3 Å². The second-order valence-corrected chi connectivity index (χ2v) is 12.6. The average Bonchev–Trinajstić information content (AvgIpc) is 2.95. The number of hydrogen-bond donors (Lipinski definition) is 1. The second kappa shape index (κ2) is 10.1. The SMILES string of the molecule is Cc1c(Cc2ccccc2)c(=O)oc2c(CN3CCCC4=C[C@H]5C[C@@H](CN6CCCC[C@H]56)[C@@H]43)c(O)c(Cl)cc12. The molecule has 0 spiro atoms. The van der Waals surface area contributed by atoms with Crippen molar-refractivity contribution >= 4 is 22.6 Å². The fourth-order valence-corrected chi connectivity index (χ4v) is 8.38. The fraction of sp³-hybridized carbons (Fsp3) is 0.485. The highest BCUT2D eigenvalue weighted by atomic mass is 35.5. The molecule has 3 fully saturated rings. The van der Waals surface area contributed by atoms with Crippen LogP contribution in [-0.4, -0.2) is 46.6 Å². The van der Waals surface area contributed by atoms with E-state index in [0.717, 1.165) is 35.5 Å². The number of phenolic OH excluding ortho intramolecular Hbond substituents is 1. The Hall–Kier alpha value is -2.60. The summed E-state index contributed by atoms with van der Waals surface area (Å²) in [4.78, 5) is 18.6. The lowest BCUT2D eigenvalue weighted by molar-refractivity contribution is -0.00274. The zero-order chi connectivity index (χ0) is 26.7. The fourth-order valence-electron chi connectivity index (χ4n) is 8.16. The van der Waals surface area contributed by atoms with Crippen LogP contribution in [0.2, 0.25) is 5.02 Å². The maximum Gasteiger partial charge on any atom is 0.340 e. The Morgan fingerprint density at radius 1 is 1.10 bits per heavy atom. The lowest BCUT2D eigenvalue weighted by atomic mass is 9.68. The molecule has 1 aromatic heterocycles. The van der Waals surface area contributed by atoms with Gasteiger partial charge in [0.15, 0.2) is 0 Å². The molecular weight excluding hydrogens is 508 g/mol. The molecule has 39 heavy (non-hydrogen) atoms. The van der Waals surface area contributed by atoms with E-state index in [9.17, 15) is 9.90 Å². The van der Waals surface area contributed by atoms with Crippen LogP contribution >= 0.6 is 11.6 Å². The number of halogens is 1. The topological polar surface area (TPSA) is 56.9 Å². The van der Waals surface area contributed by atoms with Crippen LogP contribution in [0.15, 0.2) is 57.3 Å². The number of nitrogens with zero attached hydrogens (tertiary/aromatic N) is 2. The molecule has 0 amide bonds. The Balaban J connectivity index is 1.26. The zero-order valence-corrected chi connectivity index (χ0v) is 23.4. The van der Waals surface area contributed by atoms with Gasteiger partial charge >= 0.3 is 5.63 Å². The molecule has 1 aliphatic carbocycles. The summed E-state index contributed by atoms with van der Waals surface area (Å²) in [6, 6.07) is 12.8. The summed E-state index contributed by atoms with van der Waals surface area (Å²) in [5.41, 5.74) is 4.93. The normalized spacial score (nSPS) is 27.2. The largest absolute Gasteiger partial charge is 0.506 e. The molecule has 6 heteroatoms. The van der Waals surface area contributed by atoms with E-state index < -0.39 is 0 Å². The number of likely N-dealkylation sites (tertiary alicyclic amines) is 1. The molecule has 4 aliphatic rings. The van der Waals surface area contributed by atoms with Gasteiger partial charge in [-0.1, -0.05) is 60.0 Å². The first-order chi connectivity index (χ1) is 19.0. The number of hydrogen-bond acceptors (Lipinski definition) is 5. The molecule has 3 saturated heterocycles. The minimum Gasteiger partial charge on any atom is -0.506 e. The Kier molecular flexibility index (Phi) is 6.57. The van der Waals surface area contributed by atoms with Crippen LogP contribution in [0.4, 0.5) is 0 Å². The van der Waals surface area contributed by atoms with Gasteiger partial charge in [-0.25, -0.2) is 4.79 Å². The first-order valence-corrected chi connectivity index (χ1v) is 15.0. The summed E-state index contributed by atoms with van der Waals surface area (Å²) in [5.74, 6) is 1.31. The third kappa shape index (κ3) is 4.43. The van der Waals surface area contributed by atoms with Gasteiger partial charge in [0.05, 0.1) is 10.6 Å². The van der Waals surface area contributed by atoms with Crippen molar-refractivity contribution in [2.75, 3.05) is 19.6 Å². The van der Waals surface area contributed by atoms with Crippen molar-refractivity contribution in [3.8, 4) is 5.75 Å². The summed E-state index contributed by atoms with van der Waals surface area (Å²) >= 11 is 6.63. The highest BCUT2D eigenvalue weighted by Gasteiger charge is 2.46. The number of phenols is 1. The van der Waals surface area contributed by atoms with Crippen molar-refractivity contribution in [1.82, 2.24) is 9.80 Å². The van der Waals surface area contributed by atoms with E-state index in [0.29, 0.717) is 52.6 Å². The quantitative estimate of drug-likeness (QED) is 0.302. The standard InChI is InChI=1S/C33H37ClN2O3/c1-20-25-17-28(34)31(37)27(32(25)39-33(38)26(20)14-21-8-3-2-4-9-21)19-36-13-7-10-22-15-23-16-24(30(22)36)18-35-12-6-5-11-29(23)35/h2-4,8-9,15,17,23-24,29-30,37H,5-7,10-14,16,18-19H2,1H3/t23-,24-,29+,30+/m0/s1. The zero-order valence-electron chi connectivity index (χ0n) is 22.7. The molecule has 4 heterocycles. The minimum atomic E-state index is -0.338. The van der Waals surface area contributed by atoms with Crippen LogP contribution in [0.25, 0.3) is 11.0 Å². The maximum absolute atomic E-state index is 13.3. The van der Waals surface area contributed by atoms with Crippen LogP contribution in [0, 0.1) is 18.8 Å². The van der Waals surface area contributed by atoms with Gasteiger partial charge in [0.25, 0.3) is 0 Å². The molecule has 7 rings (SSSR count). The summed E-state index contributed by atoms with van der Waals surface area (Å²) < 4.78 is 6.02. The first-order valence-electron chi connectivity index (χ1n) is 14.7. The maximum atomic E-state index is 13.3. The van der Waals surface area contributed by atoms with Gasteiger partial charge in [0, 0.05) is 42.5 Å². The molecule has 3 aromatic rings. The van der Waals surface area contributed by atoms with E-state index >= 15 is 0 Å². The van der Waals surface area contributed by atoms with Crippen LogP contribution in [0.3, 0.4) is 0 Å². The predicted molar refractivity (Wildman–Crippen MR) is 155 cm³/mol. The van der Waals surface area contributed by atoms with Crippen molar-refractivity contribution in [2.24, 2.45) is 11.8 Å². The molecule has 0 radical (unpaired) electrons. The molecule has 0 saturated carbocycles. The van der Waals surface area contributed by atoms with Crippen molar-refractivity contribution in [1.29, 1.82) is 0 Å². The summed E-state index contributed by atoms with van der Waals surface area (Å²) in [6.07, 6.45) is 10.7. The number of piperidine rings is 3.